The Kier molecular flexibility index (Phi) is 4.09. The highest BCUT2D eigenvalue weighted by atomic mass is 79.9. The van der Waals surface area contributed by atoms with E-state index in [1.165, 1.54) is 0 Å². The standard InChI is InChI=1S/C17H15BrO4/c1-20-14-7-10(12(18)9-15(14)21-2)8-16-17(19)11-5-3-4-6-13(11)22-16/h3-9,17,19H,1-2H3/b16-8-/t17-/m0/s1. The number of methoxy groups -OCH3 is 2. The lowest BCUT2D eigenvalue weighted by molar-refractivity contribution is 0.193. The number of ether oxygens (including phenoxy) is 3. The summed E-state index contributed by atoms with van der Waals surface area (Å²) in [5.74, 6) is 2.40. The van der Waals surface area contributed by atoms with Crippen LogP contribution in [0.3, 0.4) is 0 Å². The third-order valence-electron chi connectivity index (χ3n) is 3.51. The fraction of sp³-hybridized carbons (Fsp3) is 0.176. The molecule has 0 amide bonds. The number of hydrogen-bond acceptors (Lipinski definition) is 4. The molecule has 2 aromatic carbocycles. The molecule has 0 spiro atoms. The lowest BCUT2D eigenvalue weighted by Gasteiger charge is -2.11. The first kappa shape index (κ1) is 14.9. The van der Waals surface area contributed by atoms with Crippen LogP contribution >= 0.6 is 15.9 Å². The average molecular weight is 363 g/mol. The quantitative estimate of drug-likeness (QED) is 0.898. The SMILES string of the molecule is COc1cc(Br)c(/C=C2\Oc3ccccc3[C@@H]2O)cc1OC. The Morgan fingerprint density at radius 2 is 1.82 bits per heavy atom. The van der Waals surface area contributed by atoms with E-state index in [4.69, 9.17) is 14.2 Å². The molecule has 114 valence electrons. The fourth-order valence-electron chi connectivity index (χ4n) is 2.38. The third-order valence-corrected chi connectivity index (χ3v) is 4.20. The molecule has 22 heavy (non-hydrogen) atoms. The monoisotopic (exact) mass is 362 g/mol. The first-order valence-electron chi connectivity index (χ1n) is 6.72. The van der Waals surface area contributed by atoms with Crippen molar-refractivity contribution in [2.75, 3.05) is 14.2 Å². The molecule has 0 radical (unpaired) electrons. The van der Waals surface area contributed by atoms with Crippen LogP contribution in [0.4, 0.5) is 0 Å². The summed E-state index contributed by atoms with van der Waals surface area (Å²) in [5, 5.41) is 10.4. The summed E-state index contributed by atoms with van der Waals surface area (Å²) >= 11 is 3.50. The summed E-state index contributed by atoms with van der Waals surface area (Å²) in [5.41, 5.74) is 1.60. The van der Waals surface area contributed by atoms with Gasteiger partial charge in [0.1, 0.15) is 17.6 Å². The molecule has 1 N–H and O–H groups in total. The van der Waals surface area contributed by atoms with Gasteiger partial charge in [-0.3, -0.25) is 0 Å². The van der Waals surface area contributed by atoms with E-state index in [-0.39, 0.29) is 0 Å². The number of rotatable bonds is 3. The normalized spacial score (nSPS) is 18.0. The molecular formula is C17H15BrO4. The molecule has 0 bridgehead atoms. The average Bonchev–Trinajstić information content (AvgIpc) is 2.85. The van der Waals surface area contributed by atoms with E-state index in [1.807, 2.05) is 36.4 Å². The first-order chi connectivity index (χ1) is 10.6. The van der Waals surface area contributed by atoms with Crippen LogP contribution < -0.4 is 14.2 Å². The van der Waals surface area contributed by atoms with Crippen LogP contribution in [0.25, 0.3) is 6.08 Å². The first-order valence-corrected chi connectivity index (χ1v) is 7.51. The van der Waals surface area contributed by atoms with Gasteiger partial charge in [0.25, 0.3) is 0 Å². The van der Waals surface area contributed by atoms with Crippen LogP contribution in [0.2, 0.25) is 0 Å². The van der Waals surface area contributed by atoms with Gasteiger partial charge >= 0.3 is 0 Å². The van der Waals surface area contributed by atoms with Crippen molar-refractivity contribution in [3.63, 3.8) is 0 Å². The lowest BCUT2D eigenvalue weighted by Crippen LogP contribution is -1.98. The van der Waals surface area contributed by atoms with Gasteiger partial charge in [-0.25, -0.2) is 0 Å². The number of aliphatic hydroxyl groups is 1. The number of benzene rings is 2. The van der Waals surface area contributed by atoms with Crippen LogP contribution in [0.15, 0.2) is 46.6 Å². The Labute approximate surface area is 137 Å². The summed E-state index contributed by atoms with van der Waals surface area (Å²) in [6.07, 6.45) is 1.02. The van der Waals surface area contributed by atoms with Gasteiger partial charge in [0.2, 0.25) is 0 Å². The number of aliphatic hydroxyl groups excluding tert-OH is 1. The largest absolute Gasteiger partial charge is 0.493 e. The van der Waals surface area contributed by atoms with Crippen LogP contribution in [0.1, 0.15) is 17.2 Å². The summed E-state index contributed by atoms with van der Waals surface area (Å²) in [4.78, 5) is 0. The Bertz CT molecular complexity index is 739. The predicted molar refractivity (Wildman–Crippen MR) is 87.3 cm³/mol. The van der Waals surface area contributed by atoms with Crippen molar-refractivity contribution in [2.24, 2.45) is 0 Å². The molecular weight excluding hydrogens is 348 g/mol. The molecule has 0 saturated heterocycles. The van der Waals surface area contributed by atoms with Crippen LogP contribution in [-0.2, 0) is 0 Å². The van der Waals surface area contributed by atoms with Crippen molar-refractivity contribution in [3.8, 4) is 17.2 Å². The van der Waals surface area contributed by atoms with Gasteiger partial charge in [-0.1, -0.05) is 34.1 Å². The molecule has 1 atom stereocenters. The second kappa shape index (κ2) is 6.02. The Morgan fingerprint density at radius 1 is 1.14 bits per heavy atom. The molecule has 1 heterocycles. The zero-order valence-corrected chi connectivity index (χ0v) is 13.8. The number of hydrogen-bond donors (Lipinski definition) is 1. The minimum absolute atomic E-state index is 0.481. The molecule has 0 aromatic heterocycles. The maximum Gasteiger partial charge on any atom is 0.161 e. The summed E-state index contributed by atoms with van der Waals surface area (Å²) in [6.45, 7) is 0. The molecule has 3 rings (SSSR count). The van der Waals surface area contributed by atoms with Gasteiger partial charge in [-0.05, 0) is 29.8 Å². The molecule has 1 aliphatic rings. The van der Waals surface area contributed by atoms with Crippen molar-refractivity contribution < 1.29 is 19.3 Å². The Hall–Kier alpha value is -1.98. The minimum Gasteiger partial charge on any atom is -0.493 e. The predicted octanol–water partition coefficient (Wildman–Crippen LogP) is 3.93. The van der Waals surface area contributed by atoms with E-state index in [0.717, 1.165) is 15.6 Å². The third kappa shape index (κ3) is 2.58. The lowest BCUT2D eigenvalue weighted by atomic mass is 10.1. The molecule has 5 heteroatoms. The second-order valence-corrected chi connectivity index (χ2v) is 5.67. The molecule has 0 saturated carbocycles. The Morgan fingerprint density at radius 3 is 2.50 bits per heavy atom. The van der Waals surface area contributed by atoms with Crippen LogP contribution in [0, 0.1) is 0 Å². The smallest absolute Gasteiger partial charge is 0.161 e. The van der Waals surface area contributed by atoms with Gasteiger partial charge in [0, 0.05) is 10.0 Å². The number of halogens is 1. The number of fused-ring (bicyclic) bond motifs is 1. The second-order valence-electron chi connectivity index (χ2n) is 4.82. The molecule has 0 fully saturated rings. The van der Waals surface area contributed by atoms with E-state index in [1.54, 1.807) is 20.3 Å². The summed E-state index contributed by atoms with van der Waals surface area (Å²) in [6, 6.07) is 11.1. The van der Waals surface area contributed by atoms with E-state index in [0.29, 0.717) is 23.0 Å². The highest BCUT2D eigenvalue weighted by molar-refractivity contribution is 9.10. The van der Waals surface area contributed by atoms with Gasteiger partial charge in [0.05, 0.1) is 14.2 Å². The zero-order valence-electron chi connectivity index (χ0n) is 12.2. The van der Waals surface area contributed by atoms with E-state index in [2.05, 4.69) is 15.9 Å². The van der Waals surface area contributed by atoms with Gasteiger partial charge in [0.15, 0.2) is 11.5 Å². The molecule has 0 unspecified atom stereocenters. The maximum absolute atomic E-state index is 10.4. The van der Waals surface area contributed by atoms with E-state index >= 15 is 0 Å². The van der Waals surface area contributed by atoms with Crippen molar-refractivity contribution in [1.29, 1.82) is 0 Å². The van der Waals surface area contributed by atoms with Gasteiger partial charge < -0.3 is 19.3 Å². The topological polar surface area (TPSA) is 47.9 Å². The molecule has 1 aliphatic heterocycles. The zero-order chi connectivity index (χ0) is 15.7. The molecule has 2 aromatic rings. The van der Waals surface area contributed by atoms with Crippen molar-refractivity contribution in [1.82, 2.24) is 0 Å². The van der Waals surface area contributed by atoms with Crippen molar-refractivity contribution >= 4 is 22.0 Å². The van der Waals surface area contributed by atoms with Gasteiger partial charge in [-0.15, -0.1) is 0 Å². The van der Waals surface area contributed by atoms with E-state index in [9.17, 15) is 5.11 Å². The van der Waals surface area contributed by atoms with Crippen LogP contribution in [-0.4, -0.2) is 19.3 Å². The minimum atomic E-state index is -0.767. The van der Waals surface area contributed by atoms with Gasteiger partial charge in [-0.2, -0.15) is 0 Å². The fourth-order valence-corrected chi connectivity index (χ4v) is 2.81. The van der Waals surface area contributed by atoms with Crippen LogP contribution in [0.5, 0.6) is 17.2 Å². The molecule has 4 nitrogen and oxygen atoms in total. The van der Waals surface area contributed by atoms with Crippen molar-refractivity contribution in [3.05, 3.63) is 57.8 Å². The van der Waals surface area contributed by atoms with E-state index < -0.39 is 6.10 Å². The van der Waals surface area contributed by atoms with Crippen molar-refractivity contribution in [2.45, 2.75) is 6.10 Å². The Balaban J connectivity index is 2.00. The summed E-state index contributed by atoms with van der Waals surface area (Å²) < 4.78 is 17.1. The summed E-state index contributed by atoms with van der Waals surface area (Å²) in [7, 11) is 3.17. The highest BCUT2D eigenvalue weighted by Gasteiger charge is 2.27. The maximum atomic E-state index is 10.4. The highest BCUT2D eigenvalue weighted by Crippen LogP contribution is 2.41. The number of para-hydroxylation sites is 1. The molecule has 0 aliphatic carbocycles.